The van der Waals surface area contributed by atoms with Crippen LogP contribution in [-0.2, 0) is 30.7 Å². The molecule has 0 unspecified atom stereocenters. The molecule has 4 N–H and O–H groups in total. The van der Waals surface area contributed by atoms with Gasteiger partial charge in [-0.15, -0.1) is 0 Å². The maximum Gasteiger partial charge on any atom is 0.407 e. The smallest absolute Gasteiger partial charge is 0.407 e. The van der Waals surface area contributed by atoms with Gasteiger partial charge in [-0.3, -0.25) is 4.99 Å². The Balaban J connectivity index is 1.39. The van der Waals surface area contributed by atoms with E-state index in [2.05, 4.69) is 15.3 Å². The van der Waals surface area contributed by atoms with Crippen LogP contribution in [-0.4, -0.2) is 97.1 Å². The summed E-state index contributed by atoms with van der Waals surface area (Å²) in [4.78, 5) is 20.3. The topological polar surface area (TPSA) is 163 Å². The van der Waals surface area contributed by atoms with E-state index in [1.807, 2.05) is 58.0 Å². The molecule has 1 aromatic heterocycles. The van der Waals surface area contributed by atoms with Gasteiger partial charge < -0.3 is 34.7 Å². The van der Waals surface area contributed by atoms with Gasteiger partial charge in [-0.05, 0) is 56.4 Å². The lowest BCUT2D eigenvalue weighted by Crippen LogP contribution is -2.51. The number of aromatic nitrogens is 1. The highest BCUT2D eigenvalue weighted by Gasteiger charge is 2.44. The van der Waals surface area contributed by atoms with Crippen molar-refractivity contribution in [1.82, 2.24) is 14.6 Å². The number of hydrogen-bond donors (Lipinski definition) is 4. The van der Waals surface area contributed by atoms with Crippen LogP contribution in [0.3, 0.4) is 0 Å². The molecule has 5 atom stereocenters. The molecule has 2 fully saturated rings. The highest BCUT2D eigenvalue weighted by molar-refractivity contribution is 7.89. The van der Waals surface area contributed by atoms with E-state index >= 15 is 0 Å². The maximum atomic E-state index is 14.1. The Kier molecular flexibility index (Phi) is 10.7. The highest BCUT2D eigenvalue weighted by Crippen LogP contribution is 2.33. The zero-order valence-electron chi connectivity index (χ0n) is 26.6. The monoisotopic (exact) mass is 656 g/mol. The maximum absolute atomic E-state index is 14.1. The number of fused-ring (bicyclic) bond motifs is 2. The summed E-state index contributed by atoms with van der Waals surface area (Å²) < 4.78 is 46.4. The second-order valence-corrected chi connectivity index (χ2v) is 14.6. The fraction of sp³-hybridized carbons (Fsp3) is 0.515. The Labute approximate surface area is 269 Å². The number of rotatable bonds is 13. The van der Waals surface area contributed by atoms with Crippen molar-refractivity contribution in [3.63, 3.8) is 0 Å². The van der Waals surface area contributed by atoms with Gasteiger partial charge in [-0.2, -0.15) is 4.31 Å². The minimum atomic E-state index is -4.13. The van der Waals surface area contributed by atoms with E-state index in [-0.39, 0.29) is 61.1 Å². The summed E-state index contributed by atoms with van der Waals surface area (Å²) in [5.74, 6) is -0.221. The molecule has 1 amide bonds. The van der Waals surface area contributed by atoms with Crippen molar-refractivity contribution in [2.75, 3.05) is 26.3 Å². The molecule has 0 bridgehead atoms. The van der Waals surface area contributed by atoms with E-state index in [9.17, 15) is 23.4 Å². The SMILES string of the molecule is CC(C)CN(C[C@@H](O)[C@H](Cc1ccccc1)NC(=O)O[C@H]1CO[C@H]2OCC[C@H]21)S(=O)(=O)c1ccc2[nH]c(O)c(C=NC(C)C)c2c1. The van der Waals surface area contributed by atoms with Crippen LogP contribution in [0.5, 0.6) is 5.88 Å². The van der Waals surface area contributed by atoms with Gasteiger partial charge in [0, 0.05) is 36.2 Å². The zero-order chi connectivity index (χ0) is 33.0. The van der Waals surface area contributed by atoms with Gasteiger partial charge in [-0.25, -0.2) is 13.2 Å². The average molecular weight is 657 g/mol. The number of aliphatic hydroxyl groups is 1. The number of aliphatic hydroxyl groups excluding tert-OH is 1. The zero-order valence-corrected chi connectivity index (χ0v) is 27.4. The fourth-order valence-electron chi connectivity index (χ4n) is 5.88. The van der Waals surface area contributed by atoms with Gasteiger partial charge >= 0.3 is 6.09 Å². The first kappa shape index (κ1) is 33.9. The fourth-order valence-corrected chi connectivity index (χ4v) is 7.53. The molecule has 0 spiro atoms. The van der Waals surface area contributed by atoms with Crippen molar-refractivity contribution in [2.45, 2.75) is 76.0 Å². The number of hydrogen-bond acceptors (Lipinski definition) is 9. The Morgan fingerprint density at radius 2 is 1.91 bits per heavy atom. The molecule has 0 aliphatic carbocycles. The van der Waals surface area contributed by atoms with Crippen molar-refractivity contribution in [3.05, 3.63) is 59.7 Å². The van der Waals surface area contributed by atoms with Crippen molar-refractivity contribution >= 4 is 33.2 Å². The van der Waals surface area contributed by atoms with E-state index in [4.69, 9.17) is 14.2 Å². The standard InChI is InChI=1S/C33H44N4O8S/c1-20(2)17-37(46(41,42)23-10-11-27-25(15-23)26(31(39)35-27)16-34-21(3)4)18-29(38)28(14-22-8-6-5-7-9-22)36-33(40)45-30-19-44-32-24(30)12-13-43-32/h5-11,15-16,20-21,24,28-30,32,35,38-39H,12-14,17-19H2,1-4H3,(H,36,40)/t24-,28-,29+,30-,32+/m0/s1. The van der Waals surface area contributed by atoms with Crippen LogP contribution in [0.25, 0.3) is 10.9 Å². The predicted molar refractivity (Wildman–Crippen MR) is 173 cm³/mol. The van der Waals surface area contributed by atoms with Gasteiger partial charge in [0.25, 0.3) is 0 Å². The molecular formula is C33H44N4O8S. The molecule has 250 valence electrons. The summed E-state index contributed by atoms with van der Waals surface area (Å²) in [6.07, 6.45) is -0.354. The molecule has 2 aliphatic heterocycles. The van der Waals surface area contributed by atoms with Crippen molar-refractivity contribution in [1.29, 1.82) is 0 Å². The van der Waals surface area contributed by atoms with Crippen molar-refractivity contribution < 1.29 is 37.6 Å². The Bertz CT molecular complexity index is 1630. The molecule has 3 heterocycles. The van der Waals surface area contributed by atoms with Crippen LogP contribution in [0.15, 0.2) is 58.4 Å². The predicted octanol–water partition coefficient (Wildman–Crippen LogP) is 3.81. The number of aromatic hydroxyl groups is 1. The first-order valence-electron chi connectivity index (χ1n) is 15.7. The van der Waals surface area contributed by atoms with E-state index < -0.39 is 34.4 Å². The van der Waals surface area contributed by atoms with Crippen LogP contribution in [0.4, 0.5) is 4.79 Å². The van der Waals surface area contributed by atoms with Crippen molar-refractivity contribution in [3.8, 4) is 5.88 Å². The van der Waals surface area contributed by atoms with Crippen LogP contribution in [0.1, 0.15) is 45.2 Å². The minimum absolute atomic E-state index is 0.00703. The third-order valence-electron chi connectivity index (χ3n) is 8.20. The van der Waals surface area contributed by atoms with Crippen LogP contribution >= 0.6 is 0 Å². The van der Waals surface area contributed by atoms with Gasteiger partial charge in [0.15, 0.2) is 12.2 Å². The number of carbonyl (C=O) groups excluding carboxylic acids is 1. The lowest BCUT2D eigenvalue weighted by atomic mass is 10.0. The summed E-state index contributed by atoms with van der Waals surface area (Å²) in [6, 6.07) is 13.0. The van der Waals surface area contributed by atoms with E-state index in [0.717, 1.165) is 12.0 Å². The summed E-state index contributed by atoms with van der Waals surface area (Å²) in [5, 5.41) is 25.4. The molecule has 46 heavy (non-hydrogen) atoms. The Morgan fingerprint density at radius 1 is 1.15 bits per heavy atom. The largest absolute Gasteiger partial charge is 0.494 e. The number of alkyl carbamates (subject to hydrolysis) is 1. The number of sulfonamides is 1. The number of benzene rings is 2. The molecule has 13 heteroatoms. The summed E-state index contributed by atoms with van der Waals surface area (Å²) in [7, 11) is -4.13. The number of nitrogens with one attached hydrogen (secondary N) is 2. The molecular weight excluding hydrogens is 612 g/mol. The van der Waals surface area contributed by atoms with E-state index in [0.29, 0.717) is 23.1 Å². The number of ether oxygens (including phenoxy) is 3. The van der Waals surface area contributed by atoms with Crippen LogP contribution in [0, 0.1) is 11.8 Å². The lowest BCUT2D eigenvalue weighted by molar-refractivity contribution is -0.0907. The van der Waals surface area contributed by atoms with Gasteiger partial charge in [0.2, 0.25) is 10.0 Å². The molecule has 0 radical (unpaired) electrons. The molecule has 2 aromatic carbocycles. The molecule has 2 aliphatic rings. The first-order chi connectivity index (χ1) is 21.9. The summed E-state index contributed by atoms with van der Waals surface area (Å²) >= 11 is 0. The molecule has 12 nitrogen and oxygen atoms in total. The number of H-pyrrole nitrogens is 1. The lowest BCUT2D eigenvalue weighted by Gasteiger charge is -2.31. The van der Waals surface area contributed by atoms with Gasteiger partial charge in [0.05, 0.1) is 41.7 Å². The Hall–Kier alpha value is -3.49. The number of aromatic amines is 1. The van der Waals surface area contributed by atoms with Crippen LogP contribution in [0.2, 0.25) is 0 Å². The second-order valence-electron chi connectivity index (χ2n) is 12.7. The van der Waals surface area contributed by atoms with Crippen molar-refractivity contribution in [2.24, 2.45) is 16.8 Å². The average Bonchev–Trinajstić information content (AvgIpc) is 3.70. The number of aliphatic imine (C=N–C) groups is 1. The quantitative estimate of drug-likeness (QED) is 0.202. The Morgan fingerprint density at radius 3 is 2.63 bits per heavy atom. The third kappa shape index (κ3) is 7.89. The number of amides is 1. The molecule has 3 aromatic rings. The first-order valence-corrected chi connectivity index (χ1v) is 17.2. The normalized spacial score (nSPS) is 21.4. The molecule has 5 rings (SSSR count). The van der Waals surface area contributed by atoms with Crippen LogP contribution < -0.4 is 5.32 Å². The number of carbonyl (C=O) groups is 1. The second kappa shape index (κ2) is 14.5. The van der Waals surface area contributed by atoms with Gasteiger partial charge in [-0.1, -0.05) is 44.2 Å². The summed E-state index contributed by atoms with van der Waals surface area (Å²) in [6.45, 7) is 8.20. The number of nitrogens with zero attached hydrogens (tertiary/aromatic N) is 2. The van der Waals surface area contributed by atoms with E-state index in [1.54, 1.807) is 6.07 Å². The van der Waals surface area contributed by atoms with E-state index in [1.165, 1.54) is 22.7 Å². The molecule has 0 saturated carbocycles. The highest BCUT2D eigenvalue weighted by atomic mass is 32.2. The third-order valence-corrected chi connectivity index (χ3v) is 10.0. The minimum Gasteiger partial charge on any atom is -0.494 e. The van der Waals surface area contributed by atoms with Gasteiger partial charge in [0.1, 0.15) is 6.10 Å². The molecule has 2 saturated heterocycles. The summed E-state index contributed by atoms with van der Waals surface area (Å²) in [5.41, 5.74) is 1.81.